The fourth-order valence-electron chi connectivity index (χ4n) is 2.38. The van der Waals surface area contributed by atoms with E-state index in [0.717, 1.165) is 19.4 Å². The van der Waals surface area contributed by atoms with Crippen molar-refractivity contribution >= 4 is 17.3 Å². The highest BCUT2D eigenvalue weighted by atomic mass is 16.6. The highest BCUT2D eigenvalue weighted by molar-refractivity contribution is 5.95. The second-order valence-corrected chi connectivity index (χ2v) is 5.32. The van der Waals surface area contributed by atoms with Gasteiger partial charge in [-0.25, -0.2) is 0 Å². The average Bonchev–Trinajstić information content (AvgIpc) is 2.91. The van der Waals surface area contributed by atoms with Gasteiger partial charge in [0.25, 0.3) is 11.6 Å². The van der Waals surface area contributed by atoms with Crippen LogP contribution in [0.25, 0.3) is 0 Å². The van der Waals surface area contributed by atoms with Crippen LogP contribution in [0.4, 0.5) is 11.4 Å². The molecule has 1 aromatic carbocycles. The van der Waals surface area contributed by atoms with Crippen molar-refractivity contribution in [3.05, 3.63) is 33.9 Å². The zero-order valence-electron chi connectivity index (χ0n) is 12.1. The van der Waals surface area contributed by atoms with Crippen LogP contribution in [-0.2, 0) is 4.74 Å². The maximum Gasteiger partial charge on any atom is 0.293 e. The van der Waals surface area contributed by atoms with Crippen molar-refractivity contribution in [3.8, 4) is 0 Å². The molecule has 21 heavy (non-hydrogen) atoms. The van der Waals surface area contributed by atoms with Crippen LogP contribution < -0.4 is 10.6 Å². The third-order valence-electron chi connectivity index (χ3n) is 3.64. The Labute approximate surface area is 122 Å². The number of hydrogen-bond donors (Lipinski definition) is 2. The van der Waals surface area contributed by atoms with Gasteiger partial charge in [0.05, 0.1) is 10.5 Å². The molecule has 1 aromatic rings. The molecule has 1 unspecified atom stereocenters. The summed E-state index contributed by atoms with van der Waals surface area (Å²) in [5.74, 6) is -0.351. The van der Waals surface area contributed by atoms with E-state index in [1.807, 2.05) is 6.92 Å². The van der Waals surface area contributed by atoms with Gasteiger partial charge < -0.3 is 15.4 Å². The number of nitro groups is 1. The number of amides is 1. The monoisotopic (exact) mass is 293 g/mol. The van der Waals surface area contributed by atoms with E-state index < -0.39 is 4.92 Å². The third-order valence-corrected chi connectivity index (χ3v) is 3.64. The Balaban J connectivity index is 2.18. The first-order valence-electron chi connectivity index (χ1n) is 6.83. The van der Waals surface area contributed by atoms with E-state index in [4.69, 9.17) is 4.74 Å². The molecule has 0 radical (unpaired) electrons. The molecular formula is C14H19N3O4. The molecule has 7 heteroatoms. The van der Waals surface area contributed by atoms with Gasteiger partial charge in [-0.2, -0.15) is 0 Å². The summed E-state index contributed by atoms with van der Waals surface area (Å²) in [6.45, 7) is 3.20. The van der Waals surface area contributed by atoms with Crippen molar-refractivity contribution < 1.29 is 14.5 Å². The molecular weight excluding hydrogens is 274 g/mol. The number of nitrogens with one attached hydrogen (secondary N) is 2. The van der Waals surface area contributed by atoms with Crippen LogP contribution in [0, 0.1) is 10.1 Å². The standard InChI is InChI=1S/C14H19N3O4/c1-14(6-3-7-21-14)9-16-11-5-4-10(13(18)15-2)8-12(11)17(19)20/h4-5,8,16H,3,6-7,9H2,1-2H3,(H,15,18). The van der Waals surface area contributed by atoms with Gasteiger partial charge in [0.15, 0.2) is 0 Å². The summed E-state index contributed by atoms with van der Waals surface area (Å²) in [6, 6.07) is 4.39. The summed E-state index contributed by atoms with van der Waals surface area (Å²) in [5.41, 5.74) is 0.244. The van der Waals surface area contributed by atoms with Gasteiger partial charge in [-0.05, 0) is 31.9 Å². The Morgan fingerprint density at radius 2 is 2.29 bits per heavy atom. The maximum atomic E-state index is 11.5. The van der Waals surface area contributed by atoms with Gasteiger partial charge in [0, 0.05) is 31.8 Å². The Kier molecular flexibility index (Phi) is 4.42. The van der Waals surface area contributed by atoms with Crippen LogP contribution in [0.15, 0.2) is 18.2 Å². The van der Waals surface area contributed by atoms with Crippen molar-refractivity contribution in [2.45, 2.75) is 25.4 Å². The summed E-state index contributed by atoms with van der Waals surface area (Å²) < 4.78 is 5.65. The molecule has 7 nitrogen and oxygen atoms in total. The fourth-order valence-corrected chi connectivity index (χ4v) is 2.38. The van der Waals surface area contributed by atoms with Crippen molar-refractivity contribution in [2.75, 3.05) is 25.5 Å². The van der Waals surface area contributed by atoms with Crippen molar-refractivity contribution in [3.63, 3.8) is 0 Å². The van der Waals surface area contributed by atoms with E-state index in [9.17, 15) is 14.9 Å². The van der Waals surface area contributed by atoms with Gasteiger partial charge >= 0.3 is 0 Å². The number of hydrogen-bond acceptors (Lipinski definition) is 5. The molecule has 114 valence electrons. The van der Waals surface area contributed by atoms with Gasteiger partial charge in [-0.1, -0.05) is 0 Å². The summed E-state index contributed by atoms with van der Waals surface area (Å²) in [4.78, 5) is 22.2. The van der Waals surface area contributed by atoms with E-state index in [0.29, 0.717) is 12.2 Å². The maximum absolute atomic E-state index is 11.5. The van der Waals surface area contributed by atoms with Crippen molar-refractivity contribution in [2.24, 2.45) is 0 Å². The second-order valence-electron chi connectivity index (χ2n) is 5.32. The molecule has 1 aliphatic rings. The van der Waals surface area contributed by atoms with Gasteiger partial charge in [-0.15, -0.1) is 0 Å². The normalized spacial score (nSPS) is 21.0. The highest BCUT2D eigenvalue weighted by Crippen LogP contribution is 2.29. The Morgan fingerprint density at radius 1 is 1.52 bits per heavy atom. The summed E-state index contributed by atoms with van der Waals surface area (Å²) in [6.07, 6.45) is 1.92. The number of carbonyl (C=O) groups excluding carboxylic acids is 1. The lowest BCUT2D eigenvalue weighted by Crippen LogP contribution is -2.32. The van der Waals surface area contributed by atoms with Gasteiger partial charge in [0.1, 0.15) is 5.69 Å². The quantitative estimate of drug-likeness (QED) is 0.639. The number of carbonyl (C=O) groups is 1. The van der Waals surface area contributed by atoms with Crippen LogP contribution in [-0.4, -0.2) is 36.6 Å². The van der Waals surface area contributed by atoms with E-state index in [1.54, 1.807) is 12.1 Å². The fraction of sp³-hybridized carbons (Fsp3) is 0.500. The van der Waals surface area contributed by atoms with E-state index >= 15 is 0 Å². The lowest BCUT2D eigenvalue weighted by molar-refractivity contribution is -0.384. The van der Waals surface area contributed by atoms with Gasteiger partial charge in [-0.3, -0.25) is 14.9 Å². The third kappa shape index (κ3) is 3.49. The molecule has 0 saturated carbocycles. The van der Waals surface area contributed by atoms with E-state index in [1.165, 1.54) is 13.1 Å². The van der Waals surface area contributed by atoms with E-state index in [-0.39, 0.29) is 22.8 Å². The lowest BCUT2D eigenvalue weighted by atomic mass is 10.0. The molecule has 2 N–H and O–H groups in total. The molecule has 1 fully saturated rings. The minimum Gasteiger partial charge on any atom is -0.377 e. The highest BCUT2D eigenvalue weighted by Gasteiger charge is 2.30. The summed E-state index contributed by atoms with van der Waals surface area (Å²) in [7, 11) is 1.48. The molecule has 0 spiro atoms. The number of nitrogens with zero attached hydrogens (tertiary/aromatic N) is 1. The Hall–Kier alpha value is -2.15. The summed E-state index contributed by atoms with van der Waals surface area (Å²) >= 11 is 0. The zero-order valence-corrected chi connectivity index (χ0v) is 12.1. The van der Waals surface area contributed by atoms with Gasteiger partial charge in [0.2, 0.25) is 0 Å². The van der Waals surface area contributed by atoms with Crippen molar-refractivity contribution in [1.29, 1.82) is 0 Å². The predicted octanol–water partition coefficient (Wildman–Crippen LogP) is 1.94. The van der Waals surface area contributed by atoms with Crippen LogP contribution in [0.3, 0.4) is 0 Å². The minimum atomic E-state index is -0.493. The smallest absolute Gasteiger partial charge is 0.293 e. The topological polar surface area (TPSA) is 93.5 Å². The van der Waals surface area contributed by atoms with Crippen LogP contribution in [0.5, 0.6) is 0 Å². The number of rotatable bonds is 5. The second kappa shape index (κ2) is 6.09. The first-order valence-corrected chi connectivity index (χ1v) is 6.83. The first-order chi connectivity index (χ1) is 9.95. The molecule has 1 amide bonds. The molecule has 1 aliphatic heterocycles. The first kappa shape index (κ1) is 15.2. The van der Waals surface area contributed by atoms with Crippen molar-refractivity contribution in [1.82, 2.24) is 5.32 Å². The lowest BCUT2D eigenvalue weighted by Gasteiger charge is -2.24. The zero-order chi connectivity index (χ0) is 15.5. The minimum absolute atomic E-state index is 0.113. The van der Waals surface area contributed by atoms with Crippen LogP contribution in [0.1, 0.15) is 30.1 Å². The molecule has 1 atom stereocenters. The number of benzene rings is 1. The van der Waals surface area contributed by atoms with Crippen LogP contribution >= 0.6 is 0 Å². The molecule has 0 aromatic heterocycles. The Morgan fingerprint density at radius 3 is 2.86 bits per heavy atom. The number of nitro benzene ring substituents is 1. The molecule has 1 saturated heterocycles. The van der Waals surface area contributed by atoms with Crippen LogP contribution in [0.2, 0.25) is 0 Å². The number of anilines is 1. The molecule has 2 rings (SSSR count). The molecule has 0 aliphatic carbocycles. The largest absolute Gasteiger partial charge is 0.377 e. The van der Waals surface area contributed by atoms with E-state index in [2.05, 4.69) is 10.6 Å². The predicted molar refractivity (Wildman–Crippen MR) is 78.6 cm³/mol. The molecule has 1 heterocycles. The summed E-state index contributed by atoms with van der Waals surface area (Å²) in [5, 5.41) is 16.7. The number of ether oxygens (including phenoxy) is 1. The average molecular weight is 293 g/mol. The SMILES string of the molecule is CNC(=O)c1ccc(NCC2(C)CCCO2)c([N+](=O)[O-])c1. The Bertz CT molecular complexity index is 553. The molecule has 0 bridgehead atoms.